The number of aromatic nitrogens is 1. The van der Waals surface area contributed by atoms with Gasteiger partial charge in [-0.25, -0.2) is 0 Å². The zero-order valence-corrected chi connectivity index (χ0v) is 9.86. The van der Waals surface area contributed by atoms with Gasteiger partial charge in [0.2, 0.25) is 0 Å². The number of H-pyrrole nitrogens is 1. The minimum Gasteiger partial charge on any atom is -0.321 e. The number of fused-ring (bicyclic) bond motifs is 2. The highest BCUT2D eigenvalue weighted by Gasteiger charge is 2.07. The largest absolute Gasteiger partial charge is 0.321 e. The zero-order valence-electron chi connectivity index (χ0n) is 9.86. The maximum atomic E-state index is 12.5. The molecule has 2 aromatic carbocycles. The molecular weight excluding hydrogens is 226 g/mol. The van der Waals surface area contributed by atoms with Gasteiger partial charge in [-0.1, -0.05) is 24.3 Å². The lowest BCUT2D eigenvalue weighted by molar-refractivity contribution is 1.35. The monoisotopic (exact) mass is 237 g/mol. The van der Waals surface area contributed by atoms with Crippen molar-refractivity contribution in [3.63, 3.8) is 0 Å². The third-order valence-corrected chi connectivity index (χ3v) is 3.16. The molecule has 3 nitrogen and oxygen atoms in total. The topological polar surface area (TPSA) is 49.9 Å². The standard InChI is InChI=1S/C15H11NO2/c1-9-5-4-7-11-13(9)14(17)10-6-2-3-8-12(10)16-15(11)18/h2-8H,1H3,(H,16,18). The molecule has 88 valence electrons. The lowest BCUT2D eigenvalue weighted by atomic mass is 10.1. The van der Waals surface area contributed by atoms with E-state index < -0.39 is 0 Å². The van der Waals surface area contributed by atoms with Crippen LogP contribution in [0.15, 0.2) is 52.1 Å². The molecule has 0 amide bonds. The summed E-state index contributed by atoms with van der Waals surface area (Å²) in [4.78, 5) is 27.4. The Morgan fingerprint density at radius 3 is 2.44 bits per heavy atom. The first-order valence-electron chi connectivity index (χ1n) is 5.73. The van der Waals surface area contributed by atoms with E-state index in [0.29, 0.717) is 21.7 Å². The Morgan fingerprint density at radius 2 is 1.61 bits per heavy atom. The van der Waals surface area contributed by atoms with E-state index in [4.69, 9.17) is 0 Å². The van der Waals surface area contributed by atoms with Gasteiger partial charge in [-0.3, -0.25) is 9.59 Å². The van der Waals surface area contributed by atoms with Gasteiger partial charge in [0.15, 0.2) is 5.43 Å². The molecule has 1 heterocycles. The van der Waals surface area contributed by atoms with E-state index in [1.165, 1.54) is 0 Å². The number of benzene rings is 2. The SMILES string of the molecule is Cc1cccc2c(=O)[nH]c3ccccc3c(=O)c12. The minimum atomic E-state index is -0.230. The number of aromatic amines is 1. The predicted molar refractivity (Wildman–Crippen MR) is 73.1 cm³/mol. The van der Waals surface area contributed by atoms with E-state index in [0.717, 1.165) is 5.56 Å². The van der Waals surface area contributed by atoms with Crippen molar-refractivity contribution in [3.05, 3.63) is 68.6 Å². The van der Waals surface area contributed by atoms with Crippen molar-refractivity contribution in [1.29, 1.82) is 0 Å². The van der Waals surface area contributed by atoms with Crippen molar-refractivity contribution < 1.29 is 0 Å². The van der Waals surface area contributed by atoms with E-state index >= 15 is 0 Å². The molecular formula is C15H11NO2. The average Bonchev–Trinajstić information content (AvgIpc) is 2.48. The summed E-state index contributed by atoms with van der Waals surface area (Å²) in [6.45, 7) is 1.85. The minimum absolute atomic E-state index is 0.1000. The van der Waals surface area contributed by atoms with Crippen LogP contribution in [0.4, 0.5) is 0 Å². The molecule has 0 radical (unpaired) electrons. The second-order valence-electron chi connectivity index (χ2n) is 4.33. The Balaban J connectivity index is 2.81. The molecule has 0 aliphatic carbocycles. The summed E-state index contributed by atoms with van der Waals surface area (Å²) in [5.74, 6) is 0. The van der Waals surface area contributed by atoms with E-state index in [1.54, 1.807) is 36.4 Å². The summed E-state index contributed by atoms with van der Waals surface area (Å²) in [7, 11) is 0. The first-order chi connectivity index (χ1) is 8.68. The number of aryl methyl sites for hydroxylation is 1. The normalized spacial score (nSPS) is 10.9. The van der Waals surface area contributed by atoms with Crippen LogP contribution >= 0.6 is 0 Å². The van der Waals surface area contributed by atoms with Crippen LogP contribution in [-0.2, 0) is 0 Å². The lowest BCUT2D eigenvalue weighted by Crippen LogP contribution is -2.04. The Labute approximate surface area is 103 Å². The van der Waals surface area contributed by atoms with Crippen LogP contribution in [0.5, 0.6) is 0 Å². The van der Waals surface area contributed by atoms with Crippen LogP contribution < -0.4 is 11.0 Å². The van der Waals surface area contributed by atoms with E-state index in [-0.39, 0.29) is 11.0 Å². The van der Waals surface area contributed by atoms with Crippen molar-refractivity contribution in [1.82, 2.24) is 4.98 Å². The van der Waals surface area contributed by atoms with Crippen LogP contribution in [0.25, 0.3) is 21.7 Å². The Morgan fingerprint density at radius 1 is 0.889 bits per heavy atom. The number of nitrogens with one attached hydrogen (secondary N) is 1. The van der Waals surface area contributed by atoms with Gasteiger partial charge in [0.25, 0.3) is 5.56 Å². The molecule has 0 atom stereocenters. The van der Waals surface area contributed by atoms with E-state index in [9.17, 15) is 9.59 Å². The molecule has 0 aliphatic rings. The Kier molecular flexibility index (Phi) is 2.27. The molecule has 0 bridgehead atoms. The van der Waals surface area contributed by atoms with Gasteiger partial charge in [0.05, 0.1) is 10.9 Å². The molecule has 1 N–H and O–H groups in total. The third-order valence-electron chi connectivity index (χ3n) is 3.16. The molecule has 0 aliphatic heterocycles. The molecule has 0 spiro atoms. The van der Waals surface area contributed by atoms with Gasteiger partial charge in [-0.05, 0) is 30.7 Å². The number of hydrogen-bond donors (Lipinski definition) is 1. The van der Waals surface area contributed by atoms with Crippen molar-refractivity contribution in [3.8, 4) is 0 Å². The first-order valence-corrected chi connectivity index (χ1v) is 5.73. The second kappa shape index (κ2) is 3.81. The molecule has 1 aromatic heterocycles. The van der Waals surface area contributed by atoms with Gasteiger partial charge >= 0.3 is 0 Å². The molecule has 3 heteroatoms. The fraction of sp³-hybridized carbons (Fsp3) is 0.0667. The van der Waals surface area contributed by atoms with Crippen LogP contribution in [0.1, 0.15) is 5.56 Å². The second-order valence-corrected chi connectivity index (χ2v) is 4.33. The smallest absolute Gasteiger partial charge is 0.256 e. The Hall–Kier alpha value is -2.42. The summed E-state index contributed by atoms with van der Waals surface area (Å²) in [5.41, 5.74) is 1.07. The van der Waals surface area contributed by atoms with Crippen molar-refractivity contribution in [2.45, 2.75) is 6.92 Å². The molecule has 0 fully saturated rings. The predicted octanol–water partition coefficient (Wildman–Crippen LogP) is 2.35. The van der Waals surface area contributed by atoms with Gasteiger partial charge in [0, 0.05) is 10.8 Å². The average molecular weight is 237 g/mol. The number of hydrogen-bond acceptors (Lipinski definition) is 2. The maximum Gasteiger partial charge on any atom is 0.256 e. The highest BCUT2D eigenvalue weighted by Crippen LogP contribution is 2.13. The molecule has 0 saturated heterocycles. The lowest BCUT2D eigenvalue weighted by Gasteiger charge is -1.94. The van der Waals surface area contributed by atoms with Crippen LogP contribution in [0.3, 0.4) is 0 Å². The first kappa shape index (κ1) is 10.7. The van der Waals surface area contributed by atoms with Crippen molar-refractivity contribution in [2.75, 3.05) is 0 Å². The maximum absolute atomic E-state index is 12.5. The van der Waals surface area contributed by atoms with E-state index in [1.807, 2.05) is 13.0 Å². The van der Waals surface area contributed by atoms with Gasteiger partial charge in [-0.15, -0.1) is 0 Å². The van der Waals surface area contributed by atoms with Crippen LogP contribution in [0.2, 0.25) is 0 Å². The highest BCUT2D eigenvalue weighted by atomic mass is 16.1. The fourth-order valence-electron chi connectivity index (χ4n) is 2.27. The van der Waals surface area contributed by atoms with Gasteiger partial charge in [-0.2, -0.15) is 0 Å². The highest BCUT2D eigenvalue weighted by molar-refractivity contribution is 5.92. The van der Waals surface area contributed by atoms with Gasteiger partial charge in [0.1, 0.15) is 0 Å². The third kappa shape index (κ3) is 1.44. The molecule has 0 saturated carbocycles. The number of rotatable bonds is 0. The Bertz CT molecular complexity index is 878. The summed E-state index contributed by atoms with van der Waals surface area (Å²) >= 11 is 0. The molecule has 3 aromatic rings. The number of para-hydroxylation sites is 1. The van der Waals surface area contributed by atoms with Crippen molar-refractivity contribution in [2.24, 2.45) is 0 Å². The molecule has 0 unspecified atom stereocenters. The van der Waals surface area contributed by atoms with Crippen LogP contribution in [0, 0.1) is 6.92 Å². The van der Waals surface area contributed by atoms with E-state index in [2.05, 4.69) is 4.98 Å². The van der Waals surface area contributed by atoms with Gasteiger partial charge < -0.3 is 4.98 Å². The summed E-state index contributed by atoms with van der Waals surface area (Å²) in [6.07, 6.45) is 0. The van der Waals surface area contributed by atoms with Crippen LogP contribution in [-0.4, -0.2) is 4.98 Å². The molecule has 3 rings (SSSR count). The summed E-state index contributed by atoms with van der Waals surface area (Å²) in [6, 6.07) is 12.4. The van der Waals surface area contributed by atoms with Crippen molar-refractivity contribution >= 4 is 21.7 Å². The zero-order chi connectivity index (χ0) is 12.7. The summed E-state index contributed by atoms with van der Waals surface area (Å²) < 4.78 is 0. The summed E-state index contributed by atoms with van der Waals surface area (Å²) in [5, 5.41) is 1.48. The fourth-order valence-corrected chi connectivity index (χ4v) is 2.27. The molecule has 18 heavy (non-hydrogen) atoms. The quantitative estimate of drug-likeness (QED) is 0.652.